The molecule has 0 saturated carbocycles. The maximum Gasteiger partial charge on any atom is 0.261 e. The minimum Gasteiger partial charge on any atom is -0.383 e. The van der Waals surface area contributed by atoms with Gasteiger partial charge in [0.25, 0.3) is 5.91 Å². The lowest BCUT2D eigenvalue weighted by Gasteiger charge is -2.17. The zero-order valence-electron chi connectivity index (χ0n) is 14.2. The van der Waals surface area contributed by atoms with E-state index in [1.807, 2.05) is 19.2 Å². The van der Waals surface area contributed by atoms with Gasteiger partial charge in [-0.3, -0.25) is 4.79 Å². The van der Waals surface area contributed by atoms with Gasteiger partial charge in [-0.05, 0) is 32.1 Å². The van der Waals surface area contributed by atoms with Crippen molar-refractivity contribution in [2.24, 2.45) is 0 Å². The first-order chi connectivity index (χ1) is 11.6. The summed E-state index contributed by atoms with van der Waals surface area (Å²) in [6.45, 7) is 4.45. The Kier molecular flexibility index (Phi) is 5.57. The standard InChI is InChI=1S/C16H22N4O2S2/c1-10(9-22-2)17-14(21)12-8-11-13(20-6-4-5-7-20)18-16(23-3)19-15(11)24-12/h8,10H,4-7,9H2,1-3H3,(H,17,21)/t10-/m0/s1. The number of nitrogens with zero attached hydrogens (tertiary/aromatic N) is 3. The third-order valence-corrected chi connectivity index (χ3v) is 5.53. The van der Waals surface area contributed by atoms with E-state index in [0.717, 1.165) is 34.3 Å². The van der Waals surface area contributed by atoms with Crippen LogP contribution in [-0.2, 0) is 4.74 Å². The lowest BCUT2D eigenvalue weighted by atomic mass is 10.3. The van der Waals surface area contributed by atoms with Crippen LogP contribution in [0, 0.1) is 0 Å². The maximum atomic E-state index is 12.5. The van der Waals surface area contributed by atoms with E-state index in [4.69, 9.17) is 9.72 Å². The van der Waals surface area contributed by atoms with Crippen LogP contribution in [0.25, 0.3) is 10.2 Å². The number of thioether (sulfide) groups is 1. The van der Waals surface area contributed by atoms with Gasteiger partial charge in [0.05, 0.1) is 16.9 Å². The highest BCUT2D eigenvalue weighted by molar-refractivity contribution is 7.98. The van der Waals surface area contributed by atoms with Crippen LogP contribution in [0.15, 0.2) is 11.2 Å². The second kappa shape index (κ2) is 7.67. The number of nitrogens with one attached hydrogen (secondary N) is 1. The molecule has 6 nitrogen and oxygen atoms in total. The van der Waals surface area contributed by atoms with Gasteiger partial charge >= 0.3 is 0 Å². The van der Waals surface area contributed by atoms with Gasteiger partial charge in [0, 0.05) is 26.2 Å². The average Bonchev–Trinajstić information content (AvgIpc) is 3.23. The number of amides is 1. The maximum absolute atomic E-state index is 12.5. The molecule has 1 aliphatic heterocycles. The normalized spacial score (nSPS) is 15.9. The Balaban J connectivity index is 1.94. The number of anilines is 1. The van der Waals surface area contributed by atoms with Crippen molar-refractivity contribution in [3.8, 4) is 0 Å². The molecule has 1 N–H and O–H groups in total. The Morgan fingerprint density at radius 1 is 1.46 bits per heavy atom. The van der Waals surface area contributed by atoms with Gasteiger partial charge in [-0.2, -0.15) is 0 Å². The number of rotatable bonds is 6. The number of methoxy groups -OCH3 is 1. The van der Waals surface area contributed by atoms with Crippen molar-refractivity contribution in [1.82, 2.24) is 15.3 Å². The van der Waals surface area contributed by atoms with E-state index in [9.17, 15) is 4.79 Å². The molecule has 1 fully saturated rings. The second-order valence-electron chi connectivity index (χ2n) is 5.89. The predicted octanol–water partition coefficient (Wildman–Crippen LogP) is 2.78. The minimum atomic E-state index is -0.0828. The van der Waals surface area contributed by atoms with E-state index in [1.54, 1.807) is 7.11 Å². The molecule has 3 rings (SSSR count). The third-order valence-electron chi connectivity index (χ3n) is 3.96. The Morgan fingerprint density at radius 3 is 2.88 bits per heavy atom. The van der Waals surface area contributed by atoms with Crippen LogP contribution in [0.4, 0.5) is 5.82 Å². The molecule has 3 heterocycles. The third kappa shape index (κ3) is 3.65. The zero-order chi connectivity index (χ0) is 17.1. The van der Waals surface area contributed by atoms with Crippen LogP contribution in [0.5, 0.6) is 0 Å². The molecule has 0 radical (unpaired) electrons. The Bertz CT molecular complexity index is 728. The first kappa shape index (κ1) is 17.4. The summed E-state index contributed by atoms with van der Waals surface area (Å²) < 4.78 is 5.07. The van der Waals surface area contributed by atoms with Gasteiger partial charge in [0.2, 0.25) is 0 Å². The summed E-state index contributed by atoms with van der Waals surface area (Å²) >= 11 is 2.96. The number of carbonyl (C=O) groups is 1. The van der Waals surface area contributed by atoms with Crippen molar-refractivity contribution in [2.75, 3.05) is 38.0 Å². The summed E-state index contributed by atoms with van der Waals surface area (Å²) in [7, 11) is 1.63. The highest BCUT2D eigenvalue weighted by atomic mass is 32.2. The number of carbonyl (C=O) groups excluding carboxylic acids is 1. The molecule has 24 heavy (non-hydrogen) atoms. The molecule has 8 heteroatoms. The molecule has 2 aromatic rings. The predicted molar refractivity (Wildman–Crippen MR) is 99.4 cm³/mol. The van der Waals surface area contributed by atoms with Gasteiger partial charge in [0.1, 0.15) is 10.6 Å². The smallest absolute Gasteiger partial charge is 0.261 e. The molecule has 2 aromatic heterocycles. The van der Waals surface area contributed by atoms with Crippen molar-refractivity contribution in [3.05, 3.63) is 10.9 Å². The van der Waals surface area contributed by atoms with Gasteiger partial charge < -0.3 is 15.0 Å². The molecular formula is C16H22N4O2S2. The summed E-state index contributed by atoms with van der Waals surface area (Å²) in [4.78, 5) is 25.6. The summed E-state index contributed by atoms with van der Waals surface area (Å²) in [6.07, 6.45) is 4.35. The second-order valence-corrected chi connectivity index (χ2v) is 7.69. The van der Waals surface area contributed by atoms with E-state index in [-0.39, 0.29) is 11.9 Å². The van der Waals surface area contributed by atoms with E-state index < -0.39 is 0 Å². The van der Waals surface area contributed by atoms with Crippen molar-refractivity contribution in [1.29, 1.82) is 0 Å². The van der Waals surface area contributed by atoms with Crippen LogP contribution in [0.3, 0.4) is 0 Å². The first-order valence-electron chi connectivity index (χ1n) is 8.02. The van der Waals surface area contributed by atoms with Crippen LogP contribution < -0.4 is 10.2 Å². The SMILES string of the molecule is COC[C@H](C)NC(=O)c1cc2c(N3CCCC3)nc(SC)nc2s1. The molecule has 0 aliphatic carbocycles. The van der Waals surface area contributed by atoms with Gasteiger partial charge in [0.15, 0.2) is 5.16 Å². The molecule has 1 saturated heterocycles. The van der Waals surface area contributed by atoms with Gasteiger partial charge in [-0.1, -0.05) is 11.8 Å². The van der Waals surface area contributed by atoms with Crippen molar-refractivity contribution < 1.29 is 9.53 Å². The molecule has 0 aromatic carbocycles. The van der Waals surface area contributed by atoms with Crippen molar-refractivity contribution in [2.45, 2.75) is 31.0 Å². The number of hydrogen-bond donors (Lipinski definition) is 1. The number of aromatic nitrogens is 2. The summed E-state index contributed by atoms with van der Waals surface area (Å²) in [5.41, 5.74) is 0. The number of ether oxygens (including phenoxy) is 1. The minimum absolute atomic E-state index is 0.0291. The average molecular weight is 367 g/mol. The highest BCUT2D eigenvalue weighted by Gasteiger charge is 2.21. The lowest BCUT2D eigenvalue weighted by Crippen LogP contribution is -2.35. The number of hydrogen-bond acceptors (Lipinski definition) is 7. The van der Waals surface area contributed by atoms with Crippen LogP contribution >= 0.6 is 23.1 Å². The molecule has 1 atom stereocenters. The van der Waals surface area contributed by atoms with Gasteiger partial charge in [-0.15, -0.1) is 11.3 Å². The number of fused-ring (bicyclic) bond motifs is 1. The fourth-order valence-corrected chi connectivity index (χ4v) is 4.19. The molecular weight excluding hydrogens is 344 g/mol. The summed E-state index contributed by atoms with van der Waals surface area (Å²) in [6, 6.07) is 1.89. The fraction of sp³-hybridized carbons (Fsp3) is 0.562. The fourth-order valence-electron chi connectivity index (χ4n) is 2.85. The molecule has 0 unspecified atom stereocenters. The lowest BCUT2D eigenvalue weighted by molar-refractivity contribution is 0.0909. The monoisotopic (exact) mass is 366 g/mol. The van der Waals surface area contributed by atoms with Crippen LogP contribution in [0.2, 0.25) is 0 Å². The molecule has 130 valence electrons. The quantitative estimate of drug-likeness (QED) is 0.626. The van der Waals surface area contributed by atoms with Crippen LogP contribution in [-0.4, -0.2) is 55.0 Å². The van der Waals surface area contributed by atoms with Gasteiger partial charge in [-0.25, -0.2) is 9.97 Å². The highest BCUT2D eigenvalue weighted by Crippen LogP contribution is 2.34. The zero-order valence-corrected chi connectivity index (χ0v) is 15.8. The molecule has 1 aliphatic rings. The molecule has 1 amide bonds. The van der Waals surface area contributed by atoms with Crippen molar-refractivity contribution >= 4 is 45.0 Å². The topological polar surface area (TPSA) is 67.3 Å². The molecule has 0 spiro atoms. The van der Waals surface area contributed by atoms with Crippen molar-refractivity contribution in [3.63, 3.8) is 0 Å². The van der Waals surface area contributed by atoms with E-state index in [0.29, 0.717) is 11.5 Å². The largest absolute Gasteiger partial charge is 0.383 e. The summed E-state index contributed by atoms with van der Waals surface area (Å²) in [5.74, 6) is 0.878. The van der Waals surface area contributed by atoms with E-state index >= 15 is 0 Å². The summed E-state index contributed by atoms with van der Waals surface area (Å²) in [5, 5.41) is 4.69. The first-order valence-corrected chi connectivity index (χ1v) is 10.1. The Labute approximate surface area is 150 Å². The van der Waals surface area contributed by atoms with E-state index in [2.05, 4.69) is 15.2 Å². The van der Waals surface area contributed by atoms with E-state index in [1.165, 1.54) is 35.9 Å². The number of thiophene rings is 1. The Morgan fingerprint density at radius 2 is 2.21 bits per heavy atom. The molecule has 0 bridgehead atoms. The Hall–Kier alpha value is -1.38. The van der Waals surface area contributed by atoms with Crippen LogP contribution in [0.1, 0.15) is 29.4 Å².